The lowest BCUT2D eigenvalue weighted by Crippen LogP contribution is -2.00. The smallest absolute Gasteiger partial charge is 0.338 e. The summed E-state index contributed by atoms with van der Waals surface area (Å²) in [5, 5.41) is 8.96. The van der Waals surface area contributed by atoms with E-state index in [4.69, 9.17) is 5.11 Å². The first-order valence-corrected chi connectivity index (χ1v) is 6.44. The van der Waals surface area contributed by atoms with Gasteiger partial charge >= 0.3 is 5.97 Å². The van der Waals surface area contributed by atoms with Gasteiger partial charge in [-0.15, -0.1) is 0 Å². The van der Waals surface area contributed by atoms with Crippen LogP contribution in [0.25, 0.3) is 10.9 Å². The van der Waals surface area contributed by atoms with Gasteiger partial charge in [-0.2, -0.15) is 0 Å². The van der Waals surface area contributed by atoms with Crippen molar-refractivity contribution in [3.05, 3.63) is 29.6 Å². The van der Waals surface area contributed by atoms with Crippen LogP contribution in [0.4, 0.5) is 4.39 Å². The molecule has 0 bridgehead atoms. The summed E-state index contributed by atoms with van der Waals surface area (Å²) in [5.41, 5.74) is -0.233. The van der Waals surface area contributed by atoms with Crippen molar-refractivity contribution in [1.82, 2.24) is 4.98 Å². The molecule has 1 aromatic heterocycles. The lowest BCUT2D eigenvalue weighted by molar-refractivity contribution is 0.0692. The van der Waals surface area contributed by atoms with Crippen LogP contribution in [0.15, 0.2) is 23.2 Å². The molecular weight excluding hydrogens is 249 g/mol. The van der Waals surface area contributed by atoms with Crippen molar-refractivity contribution in [3.8, 4) is 0 Å². The highest BCUT2D eigenvalue weighted by Gasteiger charge is 2.16. The number of rotatable bonds is 2. The van der Waals surface area contributed by atoms with Crippen LogP contribution < -0.4 is 0 Å². The van der Waals surface area contributed by atoms with Gasteiger partial charge < -0.3 is 10.1 Å². The second kappa shape index (κ2) is 3.56. The zero-order valence-electron chi connectivity index (χ0n) is 8.69. The Labute approximate surface area is 95.8 Å². The van der Waals surface area contributed by atoms with Crippen molar-refractivity contribution in [2.24, 2.45) is 0 Å². The number of carboxylic acid groups (broad SMARTS) is 1. The number of carboxylic acids is 1. The third-order valence-electron chi connectivity index (χ3n) is 2.31. The van der Waals surface area contributed by atoms with Crippen molar-refractivity contribution < 1.29 is 22.7 Å². The van der Waals surface area contributed by atoms with E-state index in [1.165, 1.54) is 6.07 Å². The van der Waals surface area contributed by atoms with Gasteiger partial charge in [0.05, 0.1) is 5.56 Å². The first-order chi connectivity index (χ1) is 7.79. The van der Waals surface area contributed by atoms with Crippen LogP contribution in [0.2, 0.25) is 0 Å². The molecule has 1 aromatic carbocycles. The van der Waals surface area contributed by atoms with Gasteiger partial charge in [-0.3, -0.25) is 0 Å². The lowest BCUT2D eigenvalue weighted by Gasteiger charge is -1.97. The van der Waals surface area contributed by atoms with Gasteiger partial charge in [0.1, 0.15) is 10.8 Å². The van der Waals surface area contributed by atoms with Crippen LogP contribution in [0.5, 0.6) is 0 Å². The largest absolute Gasteiger partial charge is 0.478 e. The third kappa shape index (κ3) is 2.01. The highest BCUT2D eigenvalue weighted by molar-refractivity contribution is 7.90. The second-order valence-corrected chi connectivity index (χ2v) is 5.61. The first kappa shape index (κ1) is 11.6. The highest BCUT2D eigenvalue weighted by Crippen LogP contribution is 2.22. The van der Waals surface area contributed by atoms with Gasteiger partial charge in [0.25, 0.3) is 0 Å². The normalized spacial score (nSPS) is 11.9. The molecule has 1 heterocycles. The maximum atomic E-state index is 13.3. The van der Waals surface area contributed by atoms with Gasteiger partial charge in [-0.1, -0.05) is 0 Å². The summed E-state index contributed by atoms with van der Waals surface area (Å²) in [6.45, 7) is 0. The Morgan fingerprint density at radius 3 is 2.53 bits per heavy atom. The Bertz CT molecular complexity index is 717. The summed E-state index contributed by atoms with van der Waals surface area (Å²) >= 11 is 0. The van der Waals surface area contributed by atoms with E-state index in [2.05, 4.69) is 4.98 Å². The predicted octanol–water partition coefficient (Wildman–Crippen LogP) is 1.41. The average Bonchev–Trinajstić information content (AvgIpc) is 2.58. The quantitative estimate of drug-likeness (QED) is 0.851. The zero-order valence-corrected chi connectivity index (χ0v) is 9.51. The predicted molar refractivity (Wildman–Crippen MR) is 58.3 cm³/mol. The van der Waals surface area contributed by atoms with E-state index in [9.17, 15) is 17.6 Å². The number of aromatic carboxylic acids is 1. The Balaban J connectivity index is 2.75. The number of fused-ring (bicyclic) bond motifs is 1. The highest BCUT2D eigenvalue weighted by atomic mass is 32.2. The maximum absolute atomic E-state index is 13.3. The number of sulfone groups is 1. The molecule has 0 aliphatic carbocycles. The van der Waals surface area contributed by atoms with Gasteiger partial charge in [-0.05, 0) is 18.2 Å². The molecule has 0 amide bonds. The average molecular weight is 257 g/mol. The minimum absolute atomic E-state index is 0.0746. The zero-order chi connectivity index (χ0) is 12.8. The minimum atomic E-state index is -3.44. The topological polar surface area (TPSA) is 87.2 Å². The Kier molecular flexibility index (Phi) is 2.43. The fraction of sp³-hybridized carbons (Fsp3) is 0.100. The van der Waals surface area contributed by atoms with E-state index in [0.29, 0.717) is 5.39 Å². The molecule has 7 heteroatoms. The summed E-state index contributed by atoms with van der Waals surface area (Å²) in [6, 6.07) is 3.32. The molecule has 2 rings (SSSR count). The summed E-state index contributed by atoms with van der Waals surface area (Å²) < 4.78 is 35.9. The van der Waals surface area contributed by atoms with Crippen molar-refractivity contribution in [3.63, 3.8) is 0 Å². The lowest BCUT2D eigenvalue weighted by atomic mass is 10.1. The molecule has 0 saturated carbocycles. The van der Waals surface area contributed by atoms with E-state index in [1.807, 2.05) is 0 Å². The molecule has 2 aromatic rings. The van der Waals surface area contributed by atoms with Crippen LogP contribution in [0.3, 0.4) is 0 Å². The second-order valence-electron chi connectivity index (χ2n) is 3.63. The van der Waals surface area contributed by atoms with Crippen LogP contribution in [0, 0.1) is 5.82 Å². The molecule has 0 spiro atoms. The number of halogens is 1. The number of aromatic nitrogens is 1. The summed E-state index contributed by atoms with van der Waals surface area (Å²) in [7, 11) is -3.44. The molecular formula is C10H8FNO4S. The Hall–Kier alpha value is -1.89. The summed E-state index contributed by atoms with van der Waals surface area (Å²) in [4.78, 5) is 13.2. The molecule has 0 saturated heterocycles. The number of nitrogens with one attached hydrogen (secondary N) is 1. The van der Waals surface area contributed by atoms with Crippen molar-refractivity contribution >= 4 is 26.7 Å². The first-order valence-electron chi connectivity index (χ1n) is 4.54. The van der Waals surface area contributed by atoms with Crippen LogP contribution >= 0.6 is 0 Å². The van der Waals surface area contributed by atoms with Crippen LogP contribution in [0.1, 0.15) is 10.4 Å². The van der Waals surface area contributed by atoms with E-state index < -0.39 is 27.2 Å². The molecule has 0 fully saturated rings. The number of hydrogen-bond donors (Lipinski definition) is 2. The van der Waals surface area contributed by atoms with Crippen molar-refractivity contribution in [2.75, 3.05) is 6.26 Å². The number of hydrogen-bond acceptors (Lipinski definition) is 3. The fourth-order valence-electron chi connectivity index (χ4n) is 1.49. The molecule has 0 aliphatic rings. The van der Waals surface area contributed by atoms with E-state index in [1.54, 1.807) is 0 Å². The third-order valence-corrected chi connectivity index (χ3v) is 3.33. The minimum Gasteiger partial charge on any atom is -0.478 e. The van der Waals surface area contributed by atoms with Gasteiger partial charge in [-0.25, -0.2) is 17.6 Å². The van der Waals surface area contributed by atoms with Crippen molar-refractivity contribution in [2.45, 2.75) is 5.03 Å². The van der Waals surface area contributed by atoms with Crippen LogP contribution in [-0.2, 0) is 9.84 Å². The number of H-pyrrole nitrogens is 1. The molecule has 0 unspecified atom stereocenters. The molecule has 0 atom stereocenters. The summed E-state index contributed by atoms with van der Waals surface area (Å²) in [6.07, 6.45) is 1.01. The molecule has 17 heavy (non-hydrogen) atoms. The van der Waals surface area contributed by atoms with E-state index >= 15 is 0 Å². The van der Waals surface area contributed by atoms with E-state index in [-0.39, 0.29) is 10.5 Å². The van der Waals surface area contributed by atoms with Crippen molar-refractivity contribution in [1.29, 1.82) is 0 Å². The molecule has 0 aliphatic heterocycles. The number of carbonyl (C=O) groups is 1. The Morgan fingerprint density at radius 2 is 2.00 bits per heavy atom. The molecule has 90 valence electrons. The molecule has 2 N–H and O–H groups in total. The molecule has 0 radical (unpaired) electrons. The Morgan fingerprint density at radius 1 is 1.35 bits per heavy atom. The van der Waals surface area contributed by atoms with Gasteiger partial charge in [0, 0.05) is 17.2 Å². The fourth-order valence-corrected chi connectivity index (χ4v) is 2.13. The van der Waals surface area contributed by atoms with Gasteiger partial charge in [0.15, 0.2) is 9.84 Å². The number of aromatic amines is 1. The SMILES string of the molecule is CS(=O)(=O)c1cc2cc(F)c(C(=O)O)cc2[nH]1. The summed E-state index contributed by atoms with van der Waals surface area (Å²) in [5.74, 6) is -2.30. The standard InChI is InChI=1S/C10H8FNO4S/c1-17(15,16)9-3-5-2-7(11)6(10(13)14)4-8(5)12-9/h2-4,12H,1H3,(H,13,14). The van der Waals surface area contributed by atoms with Gasteiger partial charge in [0.2, 0.25) is 0 Å². The maximum Gasteiger partial charge on any atom is 0.338 e. The number of benzene rings is 1. The molecule has 5 nitrogen and oxygen atoms in total. The monoisotopic (exact) mass is 257 g/mol. The van der Waals surface area contributed by atoms with E-state index in [0.717, 1.165) is 18.4 Å². The van der Waals surface area contributed by atoms with Crippen LogP contribution in [-0.4, -0.2) is 30.7 Å².